The van der Waals surface area contributed by atoms with Crippen LogP contribution in [0.25, 0.3) is 0 Å². The molecule has 1 aromatic rings. The quantitative estimate of drug-likeness (QED) is 0.848. The van der Waals surface area contributed by atoms with Crippen molar-refractivity contribution in [3.05, 3.63) is 20.3 Å². The Morgan fingerprint density at radius 1 is 1.57 bits per heavy atom. The monoisotopic (exact) mass is 251 g/mol. The van der Waals surface area contributed by atoms with E-state index in [0.717, 1.165) is 24.9 Å². The van der Waals surface area contributed by atoms with Crippen LogP contribution in [-0.4, -0.2) is 17.7 Å². The molecule has 0 spiro atoms. The fourth-order valence-corrected chi connectivity index (χ4v) is 3.29. The molecule has 2 N–H and O–H groups in total. The third-order valence-electron chi connectivity index (χ3n) is 2.48. The van der Waals surface area contributed by atoms with Gasteiger partial charge in [0, 0.05) is 11.6 Å². The van der Waals surface area contributed by atoms with Crippen molar-refractivity contribution >= 4 is 34.5 Å². The van der Waals surface area contributed by atoms with E-state index in [-0.39, 0.29) is 6.04 Å². The molecule has 14 heavy (non-hydrogen) atoms. The van der Waals surface area contributed by atoms with Crippen LogP contribution in [-0.2, 0) is 0 Å². The summed E-state index contributed by atoms with van der Waals surface area (Å²) in [7, 11) is 0. The molecule has 1 aliphatic rings. The highest BCUT2D eigenvalue weighted by molar-refractivity contribution is 7.20. The predicted octanol–water partition coefficient (Wildman–Crippen LogP) is 2.84. The van der Waals surface area contributed by atoms with Gasteiger partial charge < -0.3 is 10.4 Å². The largest absolute Gasteiger partial charge is 0.387 e. The molecule has 2 rings (SSSR count). The summed E-state index contributed by atoms with van der Waals surface area (Å²) < 4.78 is 1.22. The summed E-state index contributed by atoms with van der Waals surface area (Å²) in [5.41, 5.74) is 0.751. The first-order valence-electron chi connectivity index (χ1n) is 4.54. The molecule has 2 atom stereocenters. The van der Waals surface area contributed by atoms with Gasteiger partial charge in [0.2, 0.25) is 0 Å². The average Bonchev–Trinajstić information content (AvgIpc) is 2.73. The van der Waals surface area contributed by atoms with Crippen molar-refractivity contribution in [2.45, 2.75) is 25.0 Å². The molecule has 78 valence electrons. The number of rotatable bonds is 2. The van der Waals surface area contributed by atoms with Crippen LogP contribution < -0.4 is 5.32 Å². The summed E-state index contributed by atoms with van der Waals surface area (Å²) >= 11 is 13.1. The van der Waals surface area contributed by atoms with Crippen LogP contribution in [0.1, 0.15) is 24.5 Å². The molecule has 1 saturated heterocycles. The number of halogens is 2. The molecule has 1 aromatic heterocycles. The third-order valence-corrected chi connectivity index (χ3v) is 4.00. The number of hydrogen-bond acceptors (Lipinski definition) is 3. The number of nitrogens with one attached hydrogen (secondary N) is 1. The molecule has 1 aliphatic heterocycles. The van der Waals surface area contributed by atoms with Gasteiger partial charge in [0.25, 0.3) is 0 Å². The maximum Gasteiger partial charge on any atom is 0.100 e. The zero-order chi connectivity index (χ0) is 10.1. The van der Waals surface area contributed by atoms with Crippen molar-refractivity contribution in [1.29, 1.82) is 0 Å². The van der Waals surface area contributed by atoms with Crippen molar-refractivity contribution in [2.24, 2.45) is 0 Å². The zero-order valence-electron chi connectivity index (χ0n) is 7.46. The van der Waals surface area contributed by atoms with Crippen LogP contribution in [0.3, 0.4) is 0 Å². The maximum absolute atomic E-state index is 10.0. The average molecular weight is 252 g/mol. The summed E-state index contributed by atoms with van der Waals surface area (Å²) in [6, 6.07) is 1.87. The minimum absolute atomic E-state index is 0.123. The van der Waals surface area contributed by atoms with E-state index in [1.54, 1.807) is 6.07 Å². The van der Waals surface area contributed by atoms with E-state index in [9.17, 15) is 5.11 Å². The highest BCUT2D eigenvalue weighted by Crippen LogP contribution is 2.37. The van der Waals surface area contributed by atoms with Crippen LogP contribution in [0.5, 0.6) is 0 Å². The molecular weight excluding hydrogens is 241 g/mol. The van der Waals surface area contributed by atoms with Crippen LogP contribution in [0.2, 0.25) is 8.67 Å². The fourth-order valence-electron chi connectivity index (χ4n) is 1.75. The maximum atomic E-state index is 10.0. The molecule has 0 radical (unpaired) electrons. The summed E-state index contributed by atoms with van der Waals surface area (Å²) in [5.74, 6) is 0. The molecule has 0 bridgehead atoms. The van der Waals surface area contributed by atoms with E-state index in [0.29, 0.717) is 8.67 Å². The molecule has 0 aromatic carbocycles. The Balaban J connectivity index is 2.17. The lowest BCUT2D eigenvalue weighted by molar-refractivity contribution is 0.138. The predicted molar refractivity (Wildman–Crippen MR) is 60.3 cm³/mol. The Morgan fingerprint density at radius 2 is 2.36 bits per heavy atom. The summed E-state index contributed by atoms with van der Waals surface area (Å²) in [4.78, 5) is 0. The van der Waals surface area contributed by atoms with E-state index < -0.39 is 6.10 Å². The highest BCUT2D eigenvalue weighted by atomic mass is 35.5. The minimum atomic E-state index is -0.534. The molecule has 5 heteroatoms. The molecule has 2 nitrogen and oxygen atoms in total. The Morgan fingerprint density at radius 3 is 2.86 bits per heavy atom. The van der Waals surface area contributed by atoms with Gasteiger partial charge in [-0.2, -0.15) is 0 Å². The molecule has 2 unspecified atom stereocenters. The van der Waals surface area contributed by atoms with Gasteiger partial charge in [-0.1, -0.05) is 23.2 Å². The molecule has 2 heterocycles. The smallest absolute Gasteiger partial charge is 0.100 e. The van der Waals surface area contributed by atoms with Gasteiger partial charge in [-0.15, -0.1) is 11.3 Å². The second kappa shape index (κ2) is 4.37. The van der Waals surface area contributed by atoms with Gasteiger partial charge in [-0.3, -0.25) is 0 Å². The highest BCUT2D eigenvalue weighted by Gasteiger charge is 2.26. The summed E-state index contributed by atoms with van der Waals surface area (Å²) in [6.07, 6.45) is 1.57. The molecular formula is C9H11Cl2NOS. The number of aliphatic hydroxyl groups excluding tert-OH is 1. The Kier molecular flexibility index (Phi) is 3.34. The lowest BCUT2D eigenvalue weighted by atomic mass is 10.0. The molecule has 0 amide bonds. The second-order valence-corrected chi connectivity index (χ2v) is 5.71. The Hall–Kier alpha value is 0.200. The lowest BCUT2D eigenvalue weighted by Crippen LogP contribution is -2.28. The van der Waals surface area contributed by atoms with E-state index in [1.165, 1.54) is 11.3 Å². The van der Waals surface area contributed by atoms with Crippen LogP contribution in [0.4, 0.5) is 0 Å². The van der Waals surface area contributed by atoms with Crippen molar-refractivity contribution in [2.75, 3.05) is 6.54 Å². The third kappa shape index (κ3) is 2.07. The fraction of sp³-hybridized carbons (Fsp3) is 0.556. The first-order valence-corrected chi connectivity index (χ1v) is 6.12. The van der Waals surface area contributed by atoms with Gasteiger partial charge >= 0.3 is 0 Å². The standard InChI is InChI=1S/C9H11Cl2NOS/c10-7-4-5(9(11)14-7)8(13)6-2-1-3-12-6/h4,6,8,12-13H,1-3H2. The summed E-state index contributed by atoms with van der Waals surface area (Å²) in [5, 5.41) is 13.3. The van der Waals surface area contributed by atoms with Gasteiger partial charge in [0.1, 0.15) is 4.34 Å². The Bertz CT molecular complexity index is 323. The molecule has 1 fully saturated rings. The zero-order valence-corrected chi connectivity index (χ0v) is 9.79. The minimum Gasteiger partial charge on any atom is -0.387 e. The topological polar surface area (TPSA) is 32.3 Å². The van der Waals surface area contributed by atoms with Gasteiger partial charge in [-0.05, 0) is 25.5 Å². The van der Waals surface area contributed by atoms with Crippen molar-refractivity contribution in [3.63, 3.8) is 0 Å². The summed E-state index contributed by atoms with van der Waals surface area (Å²) in [6.45, 7) is 0.969. The van der Waals surface area contributed by atoms with E-state index >= 15 is 0 Å². The van der Waals surface area contributed by atoms with Crippen molar-refractivity contribution < 1.29 is 5.11 Å². The normalized spacial score (nSPS) is 24.1. The van der Waals surface area contributed by atoms with E-state index in [2.05, 4.69) is 5.32 Å². The van der Waals surface area contributed by atoms with Gasteiger partial charge in [0.05, 0.1) is 10.4 Å². The van der Waals surface area contributed by atoms with Gasteiger partial charge in [-0.25, -0.2) is 0 Å². The lowest BCUT2D eigenvalue weighted by Gasteiger charge is -2.17. The SMILES string of the molecule is OC(c1cc(Cl)sc1Cl)C1CCCN1. The van der Waals surface area contributed by atoms with Crippen LogP contribution in [0, 0.1) is 0 Å². The number of thiophene rings is 1. The van der Waals surface area contributed by atoms with Crippen molar-refractivity contribution in [3.8, 4) is 0 Å². The van der Waals surface area contributed by atoms with E-state index in [4.69, 9.17) is 23.2 Å². The van der Waals surface area contributed by atoms with Crippen LogP contribution >= 0.6 is 34.5 Å². The van der Waals surface area contributed by atoms with E-state index in [1.807, 2.05) is 0 Å². The van der Waals surface area contributed by atoms with Gasteiger partial charge in [0.15, 0.2) is 0 Å². The second-order valence-electron chi connectivity index (χ2n) is 3.43. The molecule has 0 saturated carbocycles. The van der Waals surface area contributed by atoms with Crippen LogP contribution in [0.15, 0.2) is 6.07 Å². The first-order chi connectivity index (χ1) is 6.68. The number of aliphatic hydroxyl groups is 1. The number of hydrogen-bond donors (Lipinski definition) is 2. The molecule has 0 aliphatic carbocycles. The van der Waals surface area contributed by atoms with Crippen molar-refractivity contribution in [1.82, 2.24) is 5.32 Å². The Labute approximate surface area is 96.8 Å². The first kappa shape index (κ1) is 10.7.